The zero-order chi connectivity index (χ0) is 22.1. The van der Waals surface area contributed by atoms with E-state index in [1.54, 1.807) is 11.8 Å². The van der Waals surface area contributed by atoms with Gasteiger partial charge < -0.3 is 19.3 Å². The Hall–Kier alpha value is -3.39. The molecule has 8 heteroatoms. The fourth-order valence-electron chi connectivity index (χ4n) is 4.27. The highest BCUT2D eigenvalue weighted by Gasteiger charge is 2.31. The molecule has 1 aromatic heterocycles. The molecule has 0 spiro atoms. The molecule has 0 N–H and O–H groups in total. The third-order valence-electron chi connectivity index (χ3n) is 6.25. The molecule has 32 heavy (non-hydrogen) atoms. The molecule has 2 aliphatic rings. The van der Waals surface area contributed by atoms with Crippen LogP contribution >= 0.6 is 0 Å². The van der Waals surface area contributed by atoms with E-state index in [0.29, 0.717) is 31.9 Å². The van der Waals surface area contributed by atoms with Gasteiger partial charge in [-0.15, -0.1) is 5.10 Å². The van der Waals surface area contributed by atoms with Crippen LogP contribution < -0.4 is 9.64 Å². The first kappa shape index (κ1) is 20.5. The highest BCUT2D eigenvalue weighted by molar-refractivity contribution is 5.93. The van der Waals surface area contributed by atoms with Crippen LogP contribution in [0.1, 0.15) is 33.4 Å². The highest BCUT2D eigenvalue weighted by atomic mass is 16.5. The maximum absolute atomic E-state index is 13.2. The molecule has 1 fully saturated rings. The summed E-state index contributed by atoms with van der Waals surface area (Å²) in [5.41, 5.74) is 4.65. The third kappa shape index (κ3) is 3.93. The predicted octanol–water partition coefficient (Wildman–Crippen LogP) is 2.83. The summed E-state index contributed by atoms with van der Waals surface area (Å²) >= 11 is 0. The highest BCUT2D eigenvalue weighted by Crippen LogP contribution is 2.28. The minimum absolute atomic E-state index is 0.0682. The Labute approximate surface area is 187 Å². The molecule has 1 saturated heterocycles. The van der Waals surface area contributed by atoms with Crippen molar-refractivity contribution in [3.63, 3.8) is 0 Å². The minimum atomic E-state index is -0.129. The Morgan fingerprint density at radius 2 is 1.75 bits per heavy atom. The second kappa shape index (κ2) is 8.63. The molecule has 1 amide bonds. The number of methoxy groups -OCH3 is 1. The first-order valence-electron chi connectivity index (χ1n) is 10.9. The first-order chi connectivity index (χ1) is 15.6. The van der Waals surface area contributed by atoms with Crippen molar-refractivity contribution in [3.8, 4) is 5.75 Å². The second-order valence-corrected chi connectivity index (χ2v) is 8.25. The molecule has 0 unspecified atom stereocenters. The van der Waals surface area contributed by atoms with E-state index in [1.165, 1.54) is 11.3 Å². The van der Waals surface area contributed by atoms with Crippen LogP contribution in [0.25, 0.3) is 0 Å². The Bertz CT molecular complexity index is 1090. The molecule has 166 valence electrons. The summed E-state index contributed by atoms with van der Waals surface area (Å²) in [5, 5.41) is 8.48. The lowest BCUT2D eigenvalue weighted by atomic mass is 10.1. The lowest BCUT2D eigenvalue weighted by Crippen LogP contribution is -2.49. The number of piperazine rings is 1. The Kier molecular flexibility index (Phi) is 5.53. The molecule has 1 atom stereocenters. The van der Waals surface area contributed by atoms with Gasteiger partial charge in [0.2, 0.25) is 0 Å². The Morgan fingerprint density at radius 3 is 2.44 bits per heavy atom. The van der Waals surface area contributed by atoms with E-state index < -0.39 is 0 Å². The summed E-state index contributed by atoms with van der Waals surface area (Å²) in [5.74, 6) is 0.739. The molecule has 3 heterocycles. The van der Waals surface area contributed by atoms with Crippen molar-refractivity contribution in [2.45, 2.75) is 26.2 Å². The van der Waals surface area contributed by atoms with Gasteiger partial charge in [0, 0.05) is 31.9 Å². The van der Waals surface area contributed by atoms with Crippen LogP contribution in [0.5, 0.6) is 5.75 Å². The summed E-state index contributed by atoms with van der Waals surface area (Å²) in [6.07, 6.45) is -0.129. The van der Waals surface area contributed by atoms with Gasteiger partial charge in [0.25, 0.3) is 5.91 Å². The molecular formula is C24H27N5O3. The number of ether oxygens (including phenoxy) is 2. The van der Waals surface area contributed by atoms with E-state index in [0.717, 1.165) is 30.1 Å². The van der Waals surface area contributed by atoms with Crippen molar-refractivity contribution in [3.05, 3.63) is 71.0 Å². The molecule has 5 rings (SSSR count). The van der Waals surface area contributed by atoms with Gasteiger partial charge in [-0.2, -0.15) is 0 Å². The molecule has 2 aliphatic heterocycles. The van der Waals surface area contributed by atoms with Gasteiger partial charge in [-0.25, -0.2) is 4.68 Å². The second-order valence-electron chi connectivity index (χ2n) is 8.25. The van der Waals surface area contributed by atoms with E-state index in [9.17, 15) is 4.79 Å². The van der Waals surface area contributed by atoms with Crippen LogP contribution in [0.4, 0.5) is 5.69 Å². The molecule has 0 aliphatic carbocycles. The van der Waals surface area contributed by atoms with E-state index in [1.807, 2.05) is 29.2 Å². The number of fused-ring (bicyclic) bond motifs is 1. The molecule has 8 nitrogen and oxygen atoms in total. The van der Waals surface area contributed by atoms with Crippen LogP contribution in [-0.2, 0) is 17.9 Å². The number of carbonyl (C=O) groups excluding carboxylic acids is 1. The molecule has 3 aromatic rings. The summed E-state index contributed by atoms with van der Waals surface area (Å²) in [4.78, 5) is 17.3. The molecule has 0 radical (unpaired) electrons. The van der Waals surface area contributed by atoms with Gasteiger partial charge in [-0.1, -0.05) is 35.0 Å². The van der Waals surface area contributed by atoms with E-state index in [-0.39, 0.29) is 12.0 Å². The standard InChI is InChI=1S/C24H27N5O3/c1-17-3-7-19(8-4-17)27-11-13-28(14-12-27)24(30)23-21-16-32-22(15-29(21)26-25-23)18-5-9-20(31-2)10-6-18/h3-10,22H,11-16H2,1-2H3/t22-/m1/s1. The lowest BCUT2D eigenvalue weighted by Gasteiger charge is -2.36. The monoisotopic (exact) mass is 433 g/mol. The van der Waals surface area contributed by atoms with E-state index in [2.05, 4.69) is 46.4 Å². The van der Waals surface area contributed by atoms with Crippen molar-refractivity contribution in [2.24, 2.45) is 0 Å². The van der Waals surface area contributed by atoms with E-state index in [4.69, 9.17) is 9.47 Å². The molecule has 0 bridgehead atoms. The van der Waals surface area contributed by atoms with Crippen molar-refractivity contribution in [1.82, 2.24) is 19.9 Å². The SMILES string of the molecule is COc1ccc([C@H]2Cn3nnc(C(=O)N4CCN(c5ccc(C)cc5)CC4)c3CO2)cc1. The zero-order valence-electron chi connectivity index (χ0n) is 18.4. The van der Waals surface area contributed by atoms with Gasteiger partial charge in [-0.3, -0.25) is 4.79 Å². The van der Waals surface area contributed by atoms with Crippen LogP contribution in [0.3, 0.4) is 0 Å². The molecule has 0 saturated carbocycles. The third-order valence-corrected chi connectivity index (χ3v) is 6.25. The van der Waals surface area contributed by atoms with Gasteiger partial charge in [-0.05, 0) is 36.8 Å². The number of amides is 1. The largest absolute Gasteiger partial charge is 0.497 e. The fraction of sp³-hybridized carbons (Fsp3) is 0.375. The van der Waals surface area contributed by atoms with Crippen molar-refractivity contribution in [1.29, 1.82) is 0 Å². The number of aryl methyl sites for hydroxylation is 1. The van der Waals surface area contributed by atoms with Crippen LogP contribution in [0.2, 0.25) is 0 Å². The summed E-state index contributed by atoms with van der Waals surface area (Å²) < 4.78 is 13.1. The maximum atomic E-state index is 13.2. The molecule has 2 aromatic carbocycles. The first-order valence-corrected chi connectivity index (χ1v) is 10.9. The number of rotatable bonds is 4. The van der Waals surface area contributed by atoms with Crippen LogP contribution in [0, 0.1) is 6.92 Å². The van der Waals surface area contributed by atoms with Crippen LogP contribution in [-0.4, -0.2) is 59.1 Å². The molecular weight excluding hydrogens is 406 g/mol. The van der Waals surface area contributed by atoms with Crippen molar-refractivity contribution >= 4 is 11.6 Å². The average Bonchev–Trinajstić information content (AvgIpc) is 3.27. The minimum Gasteiger partial charge on any atom is -0.497 e. The Morgan fingerprint density at radius 1 is 1.03 bits per heavy atom. The number of anilines is 1. The number of hydrogen-bond donors (Lipinski definition) is 0. The smallest absolute Gasteiger partial charge is 0.276 e. The van der Waals surface area contributed by atoms with Gasteiger partial charge in [0.15, 0.2) is 5.69 Å². The topological polar surface area (TPSA) is 72.7 Å². The van der Waals surface area contributed by atoms with Crippen LogP contribution in [0.15, 0.2) is 48.5 Å². The zero-order valence-corrected chi connectivity index (χ0v) is 18.4. The quantitative estimate of drug-likeness (QED) is 0.630. The van der Waals surface area contributed by atoms with Gasteiger partial charge >= 0.3 is 0 Å². The van der Waals surface area contributed by atoms with Gasteiger partial charge in [0.1, 0.15) is 11.9 Å². The van der Waals surface area contributed by atoms with Crippen molar-refractivity contribution in [2.75, 3.05) is 38.2 Å². The Balaban J connectivity index is 1.24. The number of nitrogens with zero attached hydrogens (tertiary/aromatic N) is 5. The number of aromatic nitrogens is 3. The van der Waals surface area contributed by atoms with Crippen molar-refractivity contribution < 1.29 is 14.3 Å². The normalized spacial score (nSPS) is 18.4. The summed E-state index contributed by atoms with van der Waals surface area (Å²) in [7, 11) is 1.65. The fourth-order valence-corrected chi connectivity index (χ4v) is 4.27. The summed E-state index contributed by atoms with van der Waals surface area (Å²) in [6, 6.07) is 16.3. The van der Waals surface area contributed by atoms with Gasteiger partial charge in [0.05, 0.1) is 26.0 Å². The predicted molar refractivity (Wildman–Crippen MR) is 120 cm³/mol. The number of hydrogen-bond acceptors (Lipinski definition) is 6. The summed E-state index contributed by atoms with van der Waals surface area (Å²) in [6.45, 7) is 5.85. The number of carbonyl (C=O) groups is 1. The maximum Gasteiger partial charge on any atom is 0.276 e. The number of benzene rings is 2. The average molecular weight is 434 g/mol. The lowest BCUT2D eigenvalue weighted by molar-refractivity contribution is -0.00198. The van der Waals surface area contributed by atoms with E-state index >= 15 is 0 Å².